The monoisotopic (exact) mass is 422 g/mol. The van der Waals surface area contributed by atoms with Crippen molar-refractivity contribution in [3.8, 4) is 11.5 Å². The summed E-state index contributed by atoms with van der Waals surface area (Å²) < 4.78 is 11.3. The van der Waals surface area contributed by atoms with E-state index in [1.807, 2.05) is 31.2 Å². The van der Waals surface area contributed by atoms with E-state index in [0.29, 0.717) is 36.2 Å². The molecule has 4 rings (SSSR count). The number of carbonyl (C=O) groups excluding carboxylic acids is 1. The molecule has 1 aliphatic rings. The largest absolute Gasteiger partial charge is 0.497 e. The van der Waals surface area contributed by atoms with Crippen molar-refractivity contribution < 1.29 is 14.3 Å². The fourth-order valence-corrected chi connectivity index (χ4v) is 3.74. The molecule has 0 aliphatic carbocycles. The topological polar surface area (TPSA) is 96.6 Å². The van der Waals surface area contributed by atoms with Gasteiger partial charge in [-0.3, -0.25) is 14.5 Å². The lowest BCUT2D eigenvalue weighted by atomic mass is 10.1. The number of nitrogens with one attached hydrogen (secondary N) is 2. The number of hydrogen-bond donors (Lipinski definition) is 2. The minimum Gasteiger partial charge on any atom is -0.497 e. The van der Waals surface area contributed by atoms with Gasteiger partial charge in [-0.25, -0.2) is 4.98 Å². The van der Waals surface area contributed by atoms with Crippen LogP contribution in [0.1, 0.15) is 24.7 Å². The van der Waals surface area contributed by atoms with Crippen molar-refractivity contribution in [3.05, 3.63) is 64.2 Å². The van der Waals surface area contributed by atoms with Gasteiger partial charge in [0, 0.05) is 37.7 Å². The summed E-state index contributed by atoms with van der Waals surface area (Å²) in [5.74, 6) is 1.93. The lowest BCUT2D eigenvalue weighted by Gasteiger charge is -2.21. The average molecular weight is 422 g/mol. The summed E-state index contributed by atoms with van der Waals surface area (Å²) in [6.07, 6.45) is 0.346. The number of ether oxygens (including phenoxy) is 2. The van der Waals surface area contributed by atoms with Crippen LogP contribution in [0.4, 0.5) is 0 Å². The molecule has 8 nitrogen and oxygen atoms in total. The van der Waals surface area contributed by atoms with Gasteiger partial charge in [0.25, 0.3) is 5.56 Å². The Morgan fingerprint density at radius 1 is 1.32 bits per heavy atom. The van der Waals surface area contributed by atoms with Crippen molar-refractivity contribution in [2.24, 2.45) is 0 Å². The molecule has 0 fully saturated rings. The van der Waals surface area contributed by atoms with E-state index in [9.17, 15) is 9.59 Å². The van der Waals surface area contributed by atoms with E-state index in [2.05, 4.69) is 20.2 Å². The predicted octanol–water partition coefficient (Wildman–Crippen LogP) is 2.22. The normalized spacial score (nSPS) is 16.3. The van der Waals surface area contributed by atoms with Crippen molar-refractivity contribution in [3.63, 3.8) is 0 Å². The van der Waals surface area contributed by atoms with E-state index < -0.39 is 0 Å². The summed E-state index contributed by atoms with van der Waals surface area (Å²) >= 11 is 0. The number of nitrogens with zero attached hydrogens (tertiary/aromatic N) is 2. The minimum absolute atomic E-state index is 0.00305. The van der Waals surface area contributed by atoms with Crippen LogP contribution in [0.5, 0.6) is 11.5 Å². The molecular weight excluding hydrogens is 396 g/mol. The van der Waals surface area contributed by atoms with Gasteiger partial charge in [0.2, 0.25) is 5.91 Å². The van der Waals surface area contributed by atoms with Crippen LogP contribution < -0.4 is 20.3 Å². The smallest absolute Gasteiger partial charge is 0.258 e. The molecule has 2 N–H and O–H groups in total. The van der Waals surface area contributed by atoms with Gasteiger partial charge in [-0.2, -0.15) is 0 Å². The maximum absolute atomic E-state index is 12.4. The summed E-state index contributed by atoms with van der Waals surface area (Å²) in [6, 6.07) is 13.0. The van der Waals surface area contributed by atoms with Gasteiger partial charge in [-0.1, -0.05) is 18.2 Å². The third-order valence-corrected chi connectivity index (χ3v) is 5.28. The maximum Gasteiger partial charge on any atom is 0.258 e. The second kappa shape index (κ2) is 9.18. The number of benzene rings is 2. The van der Waals surface area contributed by atoms with Crippen molar-refractivity contribution in [1.29, 1.82) is 0 Å². The first-order valence-electron chi connectivity index (χ1n) is 10.3. The zero-order valence-electron chi connectivity index (χ0n) is 17.7. The maximum atomic E-state index is 12.4. The van der Waals surface area contributed by atoms with Gasteiger partial charge < -0.3 is 19.8 Å². The van der Waals surface area contributed by atoms with E-state index in [-0.39, 0.29) is 24.1 Å². The lowest BCUT2D eigenvalue weighted by molar-refractivity contribution is -0.121. The molecule has 31 heavy (non-hydrogen) atoms. The van der Waals surface area contributed by atoms with Crippen molar-refractivity contribution in [2.45, 2.75) is 32.5 Å². The first-order valence-corrected chi connectivity index (χ1v) is 10.3. The molecule has 0 bridgehead atoms. The highest BCUT2D eigenvalue weighted by Crippen LogP contribution is 2.29. The Hall–Kier alpha value is -3.39. The zero-order valence-corrected chi connectivity index (χ0v) is 17.7. The Morgan fingerprint density at radius 3 is 3.00 bits per heavy atom. The molecule has 3 aromatic rings. The first-order chi connectivity index (χ1) is 15.0. The molecule has 1 aliphatic heterocycles. The molecule has 0 spiro atoms. The standard InChI is InChI=1S/C23H26N4O4/c1-15-13-27(14-16-7-8-17(30-2)11-20(16)31-15)10-9-22(28)24-12-21-25-19-6-4-3-5-18(19)23(29)26-21/h3-8,11,15H,9-10,12-14H2,1-2H3,(H,24,28)(H,25,26,29). The minimum atomic E-state index is -0.205. The van der Waals surface area contributed by atoms with Gasteiger partial charge in [-0.05, 0) is 25.1 Å². The molecule has 2 aromatic carbocycles. The molecule has 0 radical (unpaired) electrons. The van der Waals surface area contributed by atoms with E-state index in [4.69, 9.17) is 9.47 Å². The summed E-state index contributed by atoms with van der Waals surface area (Å²) in [7, 11) is 1.63. The molecule has 0 saturated carbocycles. The molecule has 2 heterocycles. The molecule has 1 aromatic heterocycles. The summed E-state index contributed by atoms with van der Waals surface area (Å²) in [5, 5.41) is 3.38. The van der Waals surface area contributed by atoms with E-state index in [0.717, 1.165) is 23.6 Å². The van der Waals surface area contributed by atoms with E-state index >= 15 is 0 Å². The Labute approximate surface area is 180 Å². The number of rotatable bonds is 6. The number of para-hydroxylation sites is 1. The quantitative estimate of drug-likeness (QED) is 0.632. The van der Waals surface area contributed by atoms with E-state index in [1.165, 1.54) is 0 Å². The highest BCUT2D eigenvalue weighted by atomic mass is 16.5. The number of aromatic nitrogens is 2. The molecular formula is C23H26N4O4. The Balaban J connectivity index is 1.33. The lowest BCUT2D eigenvalue weighted by Crippen LogP contribution is -2.34. The van der Waals surface area contributed by atoms with Gasteiger partial charge in [0.1, 0.15) is 23.4 Å². The number of carbonyl (C=O) groups is 1. The summed E-state index contributed by atoms with van der Waals surface area (Å²) in [4.78, 5) is 33.9. The Morgan fingerprint density at radius 2 is 2.16 bits per heavy atom. The van der Waals surface area contributed by atoms with Gasteiger partial charge in [0.15, 0.2) is 0 Å². The van der Waals surface area contributed by atoms with Crippen LogP contribution >= 0.6 is 0 Å². The van der Waals surface area contributed by atoms with E-state index in [1.54, 1.807) is 25.3 Å². The number of hydrogen-bond acceptors (Lipinski definition) is 6. The van der Waals surface area contributed by atoms with Crippen LogP contribution in [-0.2, 0) is 17.9 Å². The Kier molecular flexibility index (Phi) is 6.18. The fourth-order valence-electron chi connectivity index (χ4n) is 3.74. The summed E-state index contributed by atoms with van der Waals surface area (Å²) in [6.45, 7) is 4.23. The third kappa shape index (κ3) is 5.03. The van der Waals surface area contributed by atoms with Crippen LogP contribution in [0.2, 0.25) is 0 Å². The number of H-pyrrole nitrogens is 1. The number of fused-ring (bicyclic) bond motifs is 2. The highest BCUT2D eigenvalue weighted by molar-refractivity contribution is 5.77. The molecule has 1 unspecified atom stereocenters. The van der Waals surface area contributed by atoms with Crippen LogP contribution in [0, 0.1) is 0 Å². The summed E-state index contributed by atoms with van der Waals surface area (Å²) in [5.41, 5.74) is 1.48. The average Bonchev–Trinajstić information content (AvgIpc) is 2.93. The third-order valence-electron chi connectivity index (χ3n) is 5.28. The number of aromatic amines is 1. The van der Waals surface area contributed by atoms with Crippen LogP contribution in [0.3, 0.4) is 0 Å². The van der Waals surface area contributed by atoms with Crippen molar-refractivity contribution in [1.82, 2.24) is 20.2 Å². The molecule has 1 atom stereocenters. The van der Waals surface area contributed by atoms with Crippen LogP contribution in [0.15, 0.2) is 47.3 Å². The predicted molar refractivity (Wildman–Crippen MR) is 117 cm³/mol. The molecule has 162 valence electrons. The number of amides is 1. The van der Waals surface area contributed by atoms with Crippen LogP contribution in [0.25, 0.3) is 10.9 Å². The van der Waals surface area contributed by atoms with Crippen molar-refractivity contribution in [2.75, 3.05) is 20.2 Å². The van der Waals surface area contributed by atoms with Crippen molar-refractivity contribution >= 4 is 16.8 Å². The zero-order chi connectivity index (χ0) is 21.8. The van der Waals surface area contributed by atoms with Gasteiger partial charge in [-0.15, -0.1) is 0 Å². The molecule has 0 saturated heterocycles. The van der Waals surface area contributed by atoms with Crippen LogP contribution in [-0.4, -0.2) is 47.1 Å². The van der Waals surface area contributed by atoms with Gasteiger partial charge in [0.05, 0.1) is 24.6 Å². The first kappa shape index (κ1) is 20.9. The van der Waals surface area contributed by atoms with Gasteiger partial charge >= 0.3 is 0 Å². The fraction of sp³-hybridized carbons (Fsp3) is 0.348. The molecule has 8 heteroatoms. The highest BCUT2D eigenvalue weighted by Gasteiger charge is 2.21. The second-order valence-corrected chi connectivity index (χ2v) is 7.69. The SMILES string of the molecule is COc1ccc2c(c1)OC(C)CN(CCC(=O)NCc1nc3ccccc3c(=O)[nH]1)C2. The Bertz CT molecular complexity index is 1140. The number of methoxy groups -OCH3 is 1. The second-order valence-electron chi connectivity index (χ2n) is 7.69. The molecule has 1 amide bonds.